The Morgan fingerprint density at radius 1 is 0.322 bits per heavy atom. The highest BCUT2D eigenvalue weighted by Gasteiger charge is 2.30. The third-order valence-corrected chi connectivity index (χ3v) is 18.7. The van der Waals surface area contributed by atoms with Crippen LogP contribution in [0.25, 0.3) is 0 Å². The van der Waals surface area contributed by atoms with Gasteiger partial charge in [-0.15, -0.1) is 0 Å². The molecule has 534 valence electrons. The van der Waals surface area contributed by atoms with Crippen LogP contribution in [-0.2, 0) is 65.4 Å². The molecule has 0 aliphatic heterocycles. The van der Waals surface area contributed by atoms with Crippen LogP contribution in [0.2, 0.25) is 0 Å². The van der Waals surface area contributed by atoms with Crippen molar-refractivity contribution in [1.82, 2.24) is 0 Å². The number of phosphoric ester groups is 2. The van der Waals surface area contributed by atoms with Crippen LogP contribution in [-0.4, -0.2) is 96.7 Å². The quantitative estimate of drug-likeness (QED) is 0.0222. The number of rotatable bonds is 70. The van der Waals surface area contributed by atoms with Crippen LogP contribution in [0.4, 0.5) is 0 Å². The van der Waals surface area contributed by atoms with Crippen LogP contribution >= 0.6 is 15.6 Å². The molecule has 17 nitrogen and oxygen atoms in total. The Bertz CT molecular complexity index is 1750. The summed E-state index contributed by atoms with van der Waals surface area (Å²) in [6, 6.07) is 0. The zero-order valence-electron chi connectivity index (χ0n) is 58.4. The molecule has 0 aromatic carbocycles. The summed E-state index contributed by atoms with van der Waals surface area (Å²) in [5.41, 5.74) is 0. The minimum Gasteiger partial charge on any atom is -0.462 e. The third-order valence-electron chi connectivity index (χ3n) is 16.8. The first-order chi connectivity index (χ1) is 43.4. The molecule has 19 heteroatoms. The lowest BCUT2D eigenvalue weighted by Crippen LogP contribution is -2.30. The maximum Gasteiger partial charge on any atom is 0.472 e. The van der Waals surface area contributed by atoms with Gasteiger partial charge in [0, 0.05) is 25.7 Å². The number of aliphatic hydroxyl groups is 1. The van der Waals surface area contributed by atoms with Crippen LogP contribution in [0.1, 0.15) is 363 Å². The number of hydrogen-bond acceptors (Lipinski definition) is 15. The molecule has 0 aliphatic rings. The van der Waals surface area contributed by atoms with Crippen molar-refractivity contribution in [1.29, 1.82) is 0 Å². The van der Waals surface area contributed by atoms with E-state index in [4.69, 9.17) is 37.0 Å². The van der Waals surface area contributed by atoms with Gasteiger partial charge in [0.05, 0.1) is 26.4 Å². The molecule has 0 fully saturated rings. The molecule has 0 amide bonds. The number of phosphoric acid groups is 2. The van der Waals surface area contributed by atoms with Gasteiger partial charge >= 0.3 is 39.5 Å². The minimum absolute atomic E-state index is 0.106. The maximum absolute atomic E-state index is 13.0. The Labute approximate surface area is 549 Å². The van der Waals surface area contributed by atoms with Crippen molar-refractivity contribution in [3.05, 3.63) is 0 Å². The lowest BCUT2D eigenvalue weighted by atomic mass is 9.99. The van der Waals surface area contributed by atoms with Crippen LogP contribution < -0.4 is 0 Å². The van der Waals surface area contributed by atoms with E-state index in [1.54, 1.807) is 0 Å². The highest BCUT2D eigenvalue weighted by Crippen LogP contribution is 2.45. The van der Waals surface area contributed by atoms with E-state index in [1.165, 1.54) is 167 Å². The SMILES string of the molecule is CCCCCCCCCCCCC(=O)O[C@H](COC(=O)CCCCCCCCC)COP(=O)(O)OC[C@H](O)COP(=O)(O)OC[C@@H](COC(=O)CCCCCCCCCCC(C)C)OC(=O)CCCCCCCCCCCCCCCCCCCCC(C)CC. The van der Waals surface area contributed by atoms with Gasteiger partial charge in [0.2, 0.25) is 0 Å². The molecule has 90 heavy (non-hydrogen) atoms. The average molecular weight is 1330 g/mol. The van der Waals surface area contributed by atoms with E-state index in [9.17, 15) is 43.2 Å². The van der Waals surface area contributed by atoms with E-state index in [2.05, 4.69) is 41.5 Å². The Balaban J connectivity index is 5.11. The van der Waals surface area contributed by atoms with E-state index in [0.717, 1.165) is 115 Å². The van der Waals surface area contributed by atoms with Gasteiger partial charge < -0.3 is 33.8 Å². The summed E-state index contributed by atoms with van der Waals surface area (Å²) in [4.78, 5) is 72.3. The molecule has 0 aromatic heterocycles. The first-order valence-corrected chi connectivity index (χ1v) is 40.0. The molecule has 0 saturated carbocycles. The van der Waals surface area contributed by atoms with E-state index < -0.39 is 97.5 Å². The van der Waals surface area contributed by atoms with Crippen molar-refractivity contribution in [2.45, 2.75) is 381 Å². The molecule has 0 aromatic rings. The molecule has 3 unspecified atom stereocenters. The van der Waals surface area contributed by atoms with Gasteiger partial charge in [-0.2, -0.15) is 0 Å². The number of carbonyl (C=O) groups excluding carboxylic acids is 4. The van der Waals surface area contributed by atoms with Crippen LogP contribution in [0, 0.1) is 11.8 Å². The molecule has 3 N–H and O–H groups in total. The summed E-state index contributed by atoms with van der Waals surface area (Å²) in [6.07, 6.45) is 48.8. The molecule has 6 atom stereocenters. The van der Waals surface area contributed by atoms with Gasteiger partial charge in [-0.05, 0) is 37.5 Å². The molecule has 0 bridgehead atoms. The monoisotopic (exact) mass is 1320 g/mol. The van der Waals surface area contributed by atoms with E-state index in [-0.39, 0.29) is 25.7 Å². The number of esters is 4. The second-order valence-corrected chi connectivity index (χ2v) is 29.3. The predicted octanol–water partition coefficient (Wildman–Crippen LogP) is 20.4. The fourth-order valence-electron chi connectivity index (χ4n) is 10.7. The van der Waals surface area contributed by atoms with E-state index in [1.807, 2.05) is 0 Å². The summed E-state index contributed by atoms with van der Waals surface area (Å²) < 4.78 is 68.1. The Morgan fingerprint density at radius 3 is 0.844 bits per heavy atom. The lowest BCUT2D eigenvalue weighted by molar-refractivity contribution is -0.161. The fourth-order valence-corrected chi connectivity index (χ4v) is 12.3. The largest absolute Gasteiger partial charge is 0.472 e. The topological polar surface area (TPSA) is 237 Å². The van der Waals surface area contributed by atoms with Crippen molar-refractivity contribution in [2.75, 3.05) is 39.6 Å². The Kier molecular flexibility index (Phi) is 61.8. The summed E-state index contributed by atoms with van der Waals surface area (Å²) in [5, 5.41) is 10.6. The number of aliphatic hydroxyl groups excluding tert-OH is 1. The highest BCUT2D eigenvalue weighted by molar-refractivity contribution is 7.47. The number of carbonyl (C=O) groups is 4. The molecular formula is C71H138O17P2. The van der Waals surface area contributed by atoms with Gasteiger partial charge in [-0.3, -0.25) is 37.3 Å². The maximum atomic E-state index is 13.0. The summed E-state index contributed by atoms with van der Waals surface area (Å²) in [7, 11) is -9.89. The fraction of sp³-hybridized carbons (Fsp3) is 0.944. The third kappa shape index (κ3) is 63.5. The van der Waals surface area contributed by atoms with Crippen LogP contribution in [0.3, 0.4) is 0 Å². The van der Waals surface area contributed by atoms with Gasteiger partial charge in [0.25, 0.3) is 0 Å². The standard InChI is InChI=1S/C71H138O17P2/c1-7-10-12-14-16-17-29-37-43-49-55-70(75)87-66(59-81-68(73)53-47-41-33-15-13-11-8-2)61-85-89(77,78)83-57-65(72)58-84-90(79,80)86-62-67(60-82-69(74)54-48-42-36-32-31-34-39-45-51-63(4)5)88-71(76)56-50-44-38-30-27-25-23-21-19-18-20-22-24-26-28-35-40-46-52-64(6)9-3/h63-67,72H,7-62H2,1-6H3,(H,77,78)(H,79,80)/t64?,65-,66+,67+/m0/s1. The Morgan fingerprint density at radius 2 is 0.567 bits per heavy atom. The van der Waals surface area contributed by atoms with Crippen molar-refractivity contribution in [3.63, 3.8) is 0 Å². The second kappa shape index (κ2) is 63.1. The molecular weight excluding hydrogens is 1190 g/mol. The molecule has 0 radical (unpaired) electrons. The lowest BCUT2D eigenvalue weighted by Gasteiger charge is -2.21. The van der Waals surface area contributed by atoms with E-state index in [0.29, 0.717) is 25.7 Å². The molecule has 0 heterocycles. The number of ether oxygens (including phenoxy) is 4. The molecule has 0 aliphatic carbocycles. The Hall–Kier alpha value is -1.94. The zero-order chi connectivity index (χ0) is 66.5. The van der Waals surface area contributed by atoms with Crippen LogP contribution in [0.5, 0.6) is 0 Å². The number of hydrogen-bond donors (Lipinski definition) is 3. The molecule has 0 saturated heterocycles. The summed E-state index contributed by atoms with van der Waals surface area (Å²) >= 11 is 0. The normalized spacial score (nSPS) is 14.4. The average Bonchev–Trinajstić information content (AvgIpc) is 2.83. The van der Waals surface area contributed by atoms with Gasteiger partial charge in [-0.1, -0.05) is 311 Å². The van der Waals surface area contributed by atoms with Crippen molar-refractivity contribution < 1.29 is 80.2 Å². The summed E-state index contributed by atoms with van der Waals surface area (Å²) in [6.45, 7) is 9.53. The first-order valence-electron chi connectivity index (χ1n) is 37.0. The van der Waals surface area contributed by atoms with Gasteiger partial charge in [0.15, 0.2) is 12.2 Å². The second-order valence-electron chi connectivity index (χ2n) is 26.3. The predicted molar refractivity (Wildman–Crippen MR) is 363 cm³/mol. The van der Waals surface area contributed by atoms with Gasteiger partial charge in [0.1, 0.15) is 19.3 Å². The van der Waals surface area contributed by atoms with Crippen molar-refractivity contribution >= 4 is 39.5 Å². The van der Waals surface area contributed by atoms with Crippen molar-refractivity contribution in [2.24, 2.45) is 11.8 Å². The van der Waals surface area contributed by atoms with Gasteiger partial charge in [-0.25, -0.2) is 9.13 Å². The minimum atomic E-state index is -4.95. The smallest absolute Gasteiger partial charge is 0.462 e. The molecule has 0 rings (SSSR count). The molecule has 0 spiro atoms. The highest BCUT2D eigenvalue weighted by atomic mass is 31.2. The first kappa shape index (κ1) is 88.1. The van der Waals surface area contributed by atoms with Crippen LogP contribution in [0.15, 0.2) is 0 Å². The van der Waals surface area contributed by atoms with E-state index >= 15 is 0 Å². The number of unbranched alkanes of at least 4 members (excludes halogenated alkanes) is 39. The summed E-state index contributed by atoms with van der Waals surface area (Å²) in [5.74, 6) is -0.532. The zero-order valence-corrected chi connectivity index (χ0v) is 60.2. The van der Waals surface area contributed by atoms with Crippen molar-refractivity contribution in [3.8, 4) is 0 Å².